The molecule has 0 atom stereocenters. The van der Waals surface area contributed by atoms with Crippen molar-refractivity contribution in [2.45, 2.75) is 10.9 Å². The van der Waals surface area contributed by atoms with Crippen molar-refractivity contribution in [3.05, 3.63) is 51.3 Å². The lowest BCUT2D eigenvalue weighted by Gasteiger charge is -2.00. The maximum atomic E-state index is 5.99. The summed E-state index contributed by atoms with van der Waals surface area (Å²) in [5.41, 5.74) is 1.09. The van der Waals surface area contributed by atoms with Gasteiger partial charge in [-0.15, -0.1) is 16.4 Å². The zero-order valence-electron chi connectivity index (χ0n) is 10.1. The summed E-state index contributed by atoms with van der Waals surface area (Å²) in [5, 5.41) is 11.0. The van der Waals surface area contributed by atoms with Crippen LogP contribution >= 0.6 is 46.3 Å². The average Bonchev–Trinajstić information content (AvgIpc) is 3.09. The fourth-order valence-corrected chi connectivity index (χ4v) is 3.34. The number of hydrogen-bond acceptors (Lipinski definition) is 4. The van der Waals surface area contributed by atoms with Crippen molar-refractivity contribution < 1.29 is 0 Å². The predicted octanol–water partition coefficient (Wildman–Crippen LogP) is 5.13. The number of rotatable bonds is 4. The van der Waals surface area contributed by atoms with Crippen molar-refractivity contribution in [3.63, 3.8) is 0 Å². The van der Waals surface area contributed by atoms with Gasteiger partial charge in [-0.25, -0.2) is 4.98 Å². The molecule has 0 aliphatic rings. The molecule has 0 saturated carbocycles. The van der Waals surface area contributed by atoms with Crippen LogP contribution in [0.4, 0.5) is 0 Å². The van der Waals surface area contributed by atoms with Crippen molar-refractivity contribution in [1.82, 2.24) is 15.2 Å². The maximum absolute atomic E-state index is 5.99. The van der Waals surface area contributed by atoms with Crippen molar-refractivity contribution in [1.29, 1.82) is 0 Å². The van der Waals surface area contributed by atoms with E-state index in [0.717, 1.165) is 27.2 Å². The molecule has 3 aromatic rings. The van der Waals surface area contributed by atoms with Gasteiger partial charge in [-0.2, -0.15) is 0 Å². The number of aromatic amines is 1. The topological polar surface area (TPSA) is 41.6 Å². The molecule has 0 amide bonds. The van der Waals surface area contributed by atoms with Crippen LogP contribution in [0.15, 0.2) is 40.9 Å². The van der Waals surface area contributed by atoms with Gasteiger partial charge in [-0.3, -0.25) is 5.10 Å². The number of benzene rings is 1. The summed E-state index contributed by atoms with van der Waals surface area (Å²) in [4.78, 5) is 5.54. The molecule has 102 valence electrons. The molecule has 0 aliphatic heterocycles. The molecule has 3 rings (SSSR count). The minimum Gasteiger partial charge on any atom is -0.257 e. The van der Waals surface area contributed by atoms with E-state index < -0.39 is 0 Å². The molecule has 0 bridgehead atoms. The highest BCUT2D eigenvalue weighted by Gasteiger charge is 2.07. The Labute approximate surface area is 134 Å². The summed E-state index contributed by atoms with van der Waals surface area (Å²) < 4.78 is 0. The second kappa shape index (κ2) is 6.18. The molecule has 0 radical (unpaired) electrons. The third-order valence-corrected chi connectivity index (χ3v) is 5.11. The first-order valence-electron chi connectivity index (χ1n) is 5.75. The molecule has 1 aromatic carbocycles. The first-order chi connectivity index (χ1) is 9.72. The quantitative estimate of drug-likeness (QED) is 0.668. The monoisotopic (exact) mass is 341 g/mol. The van der Waals surface area contributed by atoms with Gasteiger partial charge in [0.25, 0.3) is 0 Å². The number of aromatic nitrogens is 3. The first-order valence-corrected chi connectivity index (χ1v) is 8.37. The summed E-state index contributed by atoms with van der Waals surface area (Å²) in [6, 6.07) is 9.62. The molecular weight excluding hydrogens is 333 g/mol. The van der Waals surface area contributed by atoms with E-state index in [1.165, 1.54) is 0 Å². The summed E-state index contributed by atoms with van der Waals surface area (Å²) in [6.45, 7) is 0. The maximum Gasteiger partial charge on any atom is 0.209 e. The van der Waals surface area contributed by atoms with Crippen LogP contribution < -0.4 is 0 Å². The third kappa shape index (κ3) is 3.17. The Morgan fingerprint density at radius 2 is 2.10 bits per heavy atom. The van der Waals surface area contributed by atoms with Crippen LogP contribution in [0, 0.1) is 0 Å². The number of H-pyrrole nitrogens is 1. The van der Waals surface area contributed by atoms with Crippen molar-refractivity contribution in [2.75, 3.05) is 0 Å². The molecule has 0 aliphatic carbocycles. The number of nitrogens with one attached hydrogen (secondary N) is 1. The number of thioether (sulfide) groups is 1. The second-order valence-electron chi connectivity index (χ2n) is 3.98. The largest absolute Gasteiger partial charge is 0.257 e. The van der Waals surface area contributed by atoms with E-state index in [-0.39, 0.29) is 0 Å². The molecule has 3 nitrogen and oxygen atoms in total. The zero-order chi connectivity index (χ0) is 13.9. The highest BCUT2D eigenvalue weighted by atomic mass is 35.5. The standard InChI is InChI=1S/C13H9Cl2N3S2/c14-9-4-3-8(6-10(9)15)7-20-13-16-12(17-18-13)11-2-1-5-19-11/h1-6H,7H2,(H,16,17,18). The van der Waals surface area contributed by atoms with Gasteiger partial charge in [0.15, 0.2) is 5.82 Å². The van der Waals surface area contributed by atoms with Gasteiger partial charge in [0.2, 0.25) is 5.16 Å². The Hall–Kier alpha value is -1.01. The van der Waals surface area contributed by atoms with E-state index in [1.54, 1.807) is 29.2 Å². The van der Waals surface area contributed by atoms with Crippen molar-refractivity contribution >= 4 is 46.3 Å². The number of thiophene rings is 1. The normalized spacial score (nSPS) is 10.9. The van der Waals surface area contributed by atoms with Crippen molar-refractivity contribution in [3.8, 4) is 10.7 Å². The first kappa shape index (κ1) is 13.9. The highest BCUT2D eigenvalue weighted by Crippen LogP contribution is 2.27. The van der Waals surface area contributed by atoms with Crippen LogP contribution in [0.2, 0.25) is 10.0 Å². The van der Waals surface area contributed by atoms with Gasteiger partial charge in [0.1, 0.15) is 0 Å². The van der Waals surface area contributed by atoms with Gasteiger partial charge in [0.05, 0.1) is 14.9 Å². The van der Waals surface area contributed by atoms with E-state index in [0.29, 0.717) is 10.0 Å². The average molecular weight is 342 g/mol. The van der Waals surface area contributed by atoms with Crippen LogP contribution in [0.5, 0.6) is 0 Å². The summed E-state index contributed by atoms with van der Waals surface area (Å²) >= 11 is 15.1. The van der Waals surface area contributed by atoms with E-state index in [9.17, 15) is 0 Å². The fourth-order valence-electron chi connectivity index (χ4n) is 1.61. The smallest absolute Gasteiger partial charge is 0.209 e. The van der Waals surface area contributed by atoms with E-state index in [1.807, 2.05) is 29.6 Å². The number of halogens is 2. The number of nitrogens with zero attached hydrogens (tertiary/aromatic N) is 2. The van der Waals surface area contributed by atoms with Gasteiger partial charge >= 0.3 is 0 Å². The summed E-state index contributed by atoms with van der Waals surface area (Å²) in [6.07, 6.45) is 0. The van der Waals surface area contributed by atoms with Crippen LogP contribution in [-0.2, 0) is 5.75 Å². The van der Waals surface area contributed by atoms with E-state index in [4.69, 9.17) is 23.2 Å². The van der Waals surface area contributed by atoms with Gasteiger partial charge < -0.3 is 0 Å². The predicted molar refractivity (Wildman–Crippen MR) is 85.7 cm³/mol. The van der Waals surface area contributed by atoms with Crippen LogP contribution in [0.1, 0.15) is 5.56 Å². The lowest BCUT2D eigenvalue weighted by Crippen LogP contribution is -1.82. The molecule has 0 spiro atoms. The highest BCUT2D eigenvalue weighted by molar-refractivity contribution is 7.98. The lowest BCUT2D eigenvalue weighted by atomic mass is 10.2. The minimum absolute atomic E-state index is 0.568. The Bertz CT molecular complexity index is 710. The Balaban J connectivity index is 1.68. The van der Waals surface area contributed by atoms with Crippen LogP contribution in [0.3, 0.4) is 0 Å². The van der Waals surface area contributed by atoms with Crippen LogP contribution in [-0.4, -0.2) is 15.2 Å². The molecule has 0 unspecified atom stereocenters. The Morgan fingerprint density at radius 3 is 2.85 bits per heavy atom. The Morgan fingerprint density at radius 1 is 1.20 bits per heavy atom. The zero-order valence-corrected chi connectivity index (χ0v) is 13.3. The Kier molecular flexibility index (Phi) is 4.31. The third-order valence-electron chi connectivity index (χ3n) is 2.57. The molecule has 0 saturated heterocycles. The second-order valence-corrected chi connectivity index (χ2v) is 6.69. The molecule has 1 N–H and O–H groups in total. The molecule has 7 heteroatoms. The number of hydrogen-bond donors (Lipinski definition) is 1. The minimum atomic E-state index is 0.568. The SMILES string of the molecule is Clc1ccc(CSc2n[nH]c(-c3cccs3)n2)cc1Cl. The molecule has 20 heavy (non-hydrogen) atoms. The summed E-state index contributed by atoms with van der Waals surface area (Å²) in [7, 11) is 0. The summed E-state index contributed by atoms with van der Waals surface area (Å²) in [5.74, 6) is 1.55. The lowest BCUT2D eigenvalue weighted by molar-refractivity contribution is 0.973. The fraction of sp³-hybridized carbons (Fsp3) is 0.0769. The molecule has 2 aromatic heterocycles. The molecule has 0 fully saturated rings. The van der Waals surface area contributed by atoms with Crippen molar-refractivity contribution in [2.24, 2.45) is 0 Å². The van der Waals surface area contributed by atoms with Gasteiger partial charge in [-0.05, 0) is 29.1 Å². The molecule has 2 heterocycles. The molecular formula is C13H9Cl2N3S2. The van der Waals surface area contributed by atoms with E-state index >= 15 is 0 Å². The van der Waals surface area contributed by atoms with Crippen LogP contribution in [0.25, 0.3) is 10.7 Å². The van der Waals surface area contributed by atoms with E-state index in [2.05, 4.69) is 15.2 Å². The van der Waals surface area contributed by atoms with Gasteiger partial charge in [-0.1, -0.05) is 47.1 Å². The van der Waals surface area contributed by atoms with Gasteiger partial charge in [0, 0.05) is 5.75 Å².